The molecule has 2 aromatic rings. The zero-order valence-corrected chi connectivity index (χ0v) is 16.6. The van der Waals surface area contributed by atoms with E-state index >= 15 is 0 Å². The van der Waals surface area contributed by atoms with Gasteiger partial charge in [0.05, 0.1) is 11.4 Å². The Morgan fingerprint density at radius 1 is 1.24 bits per heavy atom. The van der Waals surface area contributed by atoms with Gasteiger partial charge in [-0.25, -0.2) is 4.98 Å². The van der Waals surface area contributed by atoms with Crippen LogP contribution in [0.3, 0.4) is 0 Å². The summed E-state index contributed by atoms with van der Waals surface area (Å²) in [5, 5.41) is 7.29. The van der Waals surface area contributed by atoms with E-state index in [1.807, 2.05) is 31.2 Å². The molecular weight excluding hydrogens is 414 g/mol. The number of halogens is 2. The quantitative estimate of drug-likeness (QED) is 0.504. The summed E-state index contributed by atoms with van der Waals surface area (Å²) in [7, 11) is 0. The van der Waals surface area contributed by atoms with Crippen LogP contribution in [0.4, 0.5) is 5.13 Å². The van der Waals surface area contributed by atoms with Crippen LogP contribution >= 0.6 is 44.2 Å². The summed E-state index contributed by atoms with van der Waals surface area (Å²) in [5.41, 5.74) is 6.21. The maximum absolute atomic E-state index is 4.55. The van der Waals surface area contributed by atoms with Crippen LogP contribution in [0.15, 0.2) is 39.2 Å². The number of anilines is 1. The number of hydrogen-bond donors (Lipinski definition) is 1. The number of hydrogen-bond acceptors (Lipinski definition) is 4. The molecule has 0 saturated heterocycles. The molecule has 1 heterocycles. The number of rotatable bonds is 3. The van der Waals surface area contributed by atoms with Crippen molar-refractivity contribution in [3.8, 4) is 0 Å². The summed E-state index contributed by atoms with van der Waals surface area (Å²) in [6.07, 6.45) is 0. The summed E-state index contributed by atoms with van der Waals surface area (Å²) in [4.78, 5) is 4.55. The molecule has 6 heteroatoms. The smallest absolute Gasteiger partial charge is 0.203 e. The lowest BCUT2D eigenvalue weighted by Gasteiger charge is -2.13. The molecule has 0 aliphatic heterocycles. The van der Waals surface area contributed by atoms with Gasteiger partial charge in [0.25, 0.3) is 0 Å². The fraction of sp³-hybridized carbons (Fsp3) is 0.333. The minimum absolute atomic E-state index is 0. The zero-order chi connectivity index (χ0) is 14.8. The van der Waals surface area contributed by atoms with Crippen LogP contribution in [0.1, 0.15) is 39.0 Å². The van der Waals surface area contributed by atoms with E-state index in [9.17, 15) is 0 Å². The van der Waals surface area contributed by atoms with Crippen LogP contribution in [0.25, 0.3) is 0 Å². The maximum atomic E-state index is 4.55. The highest BCUT2D eigenvalue weighted by Crippen LogP contribution is 2.26. The molecular formula is C15H19Br2N3S. The first-order valence-electron chi connectivity index (χ1n) is 6.38. The standard InChI is InChI=1S/C15H18BrN3S.BrH/c1-10(11-5-7-12(16)8-6-11)18-19-14-17-13(9-20-14)15(2,3)4;/h5-9H,1-4H3,(H,17,19);1H/b18-10+;. The molecule has 21 heavy (non-hydrogen) atoms. The molecule has 114 valence electrons. The molecule has 0 amide bonds. The highest BCUT2D eigenvalue weighted by molar-refractivity contribution is 9.10. The largest absolute Gasteiger partial charge is 0.252 e. The summed E-state index contributed by atoms with van der Waals surface area (Å²) < 4.78 is 1.07. The average molecular weight is 433 g/mol. The van der Waals surface area contributed by atoms with E-state index in [0.717, 1.165) is 26.6 Å². The van der Waals surface area contributed by atoms with E-state index in [1.165, 1.54) is 0 Å². The van der Waals surface area contributed by atoms with Gasteiger partial charge in [-0.15, -0.1) is 28.3 Å². The van der Waals surface area contributed by atoms with Gasteiger partial charge in [-0.1, -0.05) is 48.8 Å². The van der Waals surface area contributed by atoms with Crippen molar-refractivity contribution < 1.29 is 0 Å². The van der Waals surface area contributed by atoms with Crippen molar-refractivity contribution in [3.05, 3.63) is 45.4 Å². The summed E-state index contributed by atoms with van der Waals surface area (Å²) in [6.45, 7) is 8.45. The Balaban J connectivity index is 0.00000220. The van der Waals surface area contributed by atoms with Gasteiger partial charge >= 0.3 is 0 Å². The Hall–Kier alpha value is -0.720. The Kier molecular flexibility index (Phi) is 6.56. The third-order valence-electron chi connectivity index (χ3n) is 2.85. The van der Waals surface area contributed by atoms with Crippen LogP contribution in [-0.2, 0) is 5.41 Å². The number of benzene rings is 1. The molecule has 1 aromatic heterocycles. The van der Waals surface area contributed by atoms with E-state index < -0.39 is 0 Å². The second-order valence-corrected chi connectivity index (χ2v) is 7.38. The molecule has 0 unspecified atom stereocenters. The van der Waals surface area contributed by atoms with Crippen LogP contribution in [0, 0.1) is 0 Å². The lowest BCUT2D eigenvalue weighted by Crippen LogP contribution is -2.11. The van der Waals surface area contributed by atoms with Crippen LogP contribution < -0.4 is 5.43 Å². The molecule has 1 N–H and O–H groups in total. The topological polar surface area (TPSA) is 37.3 Å². The van der Waals surface area contributed by atoms with Gasteiger partial charge in [0.1, 0.15) is 0 Å². The van der Waals surface area contributed by atoms with E-state index in [4.69, 9.17) is 0 Å². The van der Waals surface area contributed by atoms with Gasteiger partial charge in [0, 0.05) is 15.3 Å². The molecule has 0 bridgehead atoms. The number of aromatic nitrogens is 1. The normalized spacial score (nSPS) is 12.0. The van der Waals surface area contributed by atoms with Crippen molar-refractivity contribution in [1.29, 1.82) is 0 Å². The maximum Gasteiger partial charge on any atom is 0.203 e. The molecule has 0 aliphatic carbocycles. The summed E-state index contributed by atoms with van der Waals surface area (Å²) >= 11 is 5.01. The predicted octanol–water partition coefficient (Wildman–Crippen LogP) is 5.62. The van der Waals surface area contributed by atoms with E-state index in [-0.39, 0.29) is 22.4 Å². The molecule has 0 radical (unpaired) electrons. The second-order valence-electron chi connectivity index (χ2n) is 5.60. The lowest BCUT2D eigenvalue weighted by atomic mass is 9.93. The third kappa shape index (κ3) is 5.20. The zero-order valence-electron chi connectivity index (χ0n) is 12.5. The van der Waals surface area contributed by atoms with Gasteiger partial charge in [0.2, 0.25) is 5.13 Å². The Labute approximate surface area is 148 Å². The average Bonchev–Trinajstić information content (AvgIpc) is 2.85. The van der Waals surface area contributed by atoms with Gasteiger partial charge in [0.15, 0.2) is 0 Å². The minimum atomic E-state index is 0. The fourth-order valence-electron chi connectivity index (χ4n) is 1.56. The molecule has 1 aromatic carbocycles. The van der Waals surface area contributed by atoms with E-state index in [2.05, 4.69) is 57.6 Å². The SMILES string of the molecule is Br.C/C(=N\Nc1nc(C(C)(C)C)cs1)c1ccc(Br)cc1. The fourth-order valence-corrected chi connectivity index (χ4v) is 2.70. The highest BCUT2D eigenvalue weighted by Gasteiger charge is 2.17. The van der Waals surface area contributed by atoms with E-state index in [0.29, 0.717) is 0 Å². The Morgan fingerprint density at radius 3 is 2.38 bits per heavy atom. The molecule has 0 spiro atoms. The summed E-state index contributed by atoms with van der Waals surface area (Å²) in [5.74, 6) is 0. The third-order valence-corrected chi connectivity index (χ3v) is 4.13. The van der Waals surface area contributed by atoms with Gasteiger partial charge in [-0.2, -0.15) is 5.10 Å². The number of thiazole rings is 1. The van der Waals surface area contributed by atoms with Gasteiger partial charge < -0.3 is 0 Å². The monoisotopic (exact) mass is 431 g/mol. The summed E-state index contributed by atoms with van der Waals surface area (Å²) in [6, 6.07) is 8.09. The van der Waals surface area contributed by atoms with Crippen molar-refractivity contribution in [2.45, 2.75) is 33.1 Å². The highest BCUT2D eigenvalue weighted by atomic mass is 79.9. The number of nitrogens with one attached hydrogen (secondary N) is 1. The van der Waals surface area contributed by atoms with Crippen molar-refractivity contribution in [3.63, 3.8) is 0 Å². The van der Waals surface area contributed by atoms with E-state index in [1.54, 1.807) is 11.3 Å². The first-order chi connectivity index (χ1) is 9.36. The Morgan fingerprint density at radius 2 is 1.86 bits per heavy atom. The van der Waals surface area contributed by atoms with Crippen LogP contribution in [0.5, 0.6) is 0 Å². The van der Waals surface area contributed by atoms with Crippen molar-refractivity contribution in [2.24, 2.45) is 5.10 Å². The molecule has 0 fully saturated rings. The van der Waals surface area contributed by atoms with Gasteiger partial charge in [-0.05, 0) is 24.6 Å². The van der Waals surface area contributed by atoms with Crippen molar-refractivity contribution >= 4 is 55.1 Å². The molecule has 0 saturated carbocycles. The lowest BCUT2D eigenvalue weighted by molar-refractivity contribution is 0.573. The molecule has 2 rings (SSSR count). The minimum Gasteiger partial charge on any atom is -0.252 e. The van der Waals surface area contributed by atoms with Crippen LogP contribution in [-0.4, -0.2) is 10.7 Å². The second kappa shape index (κ2) is 7.51. The first-order valence-corrected chi connectivity index (χ1v) is 8.06. The number of hydrazone groups is 1. The van der Waals surface area contributed by atoms with Crippen LogP contribution in [0.2, 0.25) is 0 Å². The molecule has 0 aliphatic rings. The molecule has 0 atom stereocenters. The first kappa shape index (κ1) is 18.3. The predicted molar refractivity (Wildman–Crippen MR) is 101 cm³/mol. The molecule has 3 nitrogen and oxygen atoms in total. The Bertz CT molecular complexity index is 613. The number of nitrogens with zero attached hydrogens (tertiary/aromatic N) is 2. The van der Waals surface area contributed by atoms with Gasteiger partial charge in [-0.3, -0.25) is 5.43 Å². The van der Waals surface area contributed by atoms with Crippen molar-refractivity contribution in [2.75, 3.05) is 5.43 Å². The van der Waals surface area contributed by atoms with Crippen molar-refractivity contribution in [1.82, 2.24) is 4.98 Å².